The number of piperidine rings is 4. The van der Waals surface area contributed by atoms with Crippen LogP contribution in [0.15, 0.2) is 152 Å². The van der Waals surface area contributed by atoms with Gasteiger partial charge in [-0.15, -0.1) is 0 Å². The number of hydrogen-bond donors (Lipinski definition) is 4. The number of imidazole rings is 4. The summed E-state index contributed by atoms with van der Waals surface area (Å²) >= 11 is 0. The van der Waals surface area contributed by atoms with Crippen LogP contribution in [0.25, 0.3) is 134 Å². The number of nitrogens with two attached hydrogens (primary N) is 4. The van der Waals surface area contributed by atoms with E-state index in [0.29, 0.717) is 106 Å². The zero-order chi connectivity index (χ0) is 95.5. The van der Waals surface area contributed by atoms with E-state index in [9.17, 15) is 36.7 Å². The number of amides is 4. The van der Waals surface area contributed by atoms with E-state index in [1.165, 1.54) is 51.4 Å². The average Bonchev–Trinajstić information content (AvgIpc) is 1.61. The highest BCUT2D eigenvalue weighted by Gasteiger charge is 2.39. The number of nitrogens with zero attached hydrogens (tertiary/aromatic N) is 20. The number of alkyl halides is 4. The molecule has 716 valence electrons. The van der Waals surface area contributed by atoms with Crippen molar-refractivity contribution < 1.29 is 51.0 Å². The minimum Gasteiger partial charge on any atom is -0.494 e. The van der Waals surface area contributed by atoms with E-state index in [2.05, 4.69) is 91.3 Å². The fourth-order valence-corrected chi connectivity index (χ4v) is 20.4. The minimum absolute atomic E-state index is 0.126. The lowest BCUT2D eigenvalue weighted by atomic mass is 10.0. The van der Waals surface area contributed by atoms with Gasteiger partial charge in [-0.25, -0.2) is 57.4 Å². The number of benzene rings is 4. The van der Waals surface area contributed by atoms with E-state index in [1.807, 2.05) is 109 Å². The molecule has 35 heteroatoms. The van der Waals surface area contributed by atoms with Crippen LogP contribution in [0.4, 0.5) is 17.6 Å². The third-order valence-corrected chi connectivity index (χ3v) is 28.9. The number of fused-ring (bicyclic) bond motifs is 8. The number of rotatable bonds is 19. The second-order valence-electron chi connectivity index (χ2n) is 38.7. The molecule has 31 nitrogen and oxygen atoms in total. The van der Waals surface area contributed by atoms with Gasteiger partial charge in [0, 0.05) is 175 Å². The Hall–Kier alpha value is -13.6. The van der Waals surface area contributed by atoms with Crippen molar-refractivity contribution >= 4 is 112 Å². The first-order valence-corrected chi connectivity index (χ1v) is 48.0. The zero-order valence-electron chi connectivity index (χ0n) is 78.5. The summed E-state index contributed by atoms with van der Waals surface area (Å²) in [6.45, 7) is 5.90. The standard InChI is InChI=1S/3C26H29FN6O2.C25H27FN6O/c3*1-31-23-20(10-17(12-22(23)35-2)26(34)32-9-7-18(27)19(28)14-32)30-25(31)21-11-16-4-3-8-29-24(16)33(21)13-15-5-6-15;1-30-21-7-6-17(25(33)31-10-8-18(26)19(27)14-31)11-20(21)29-24(30)22-12-16-3-2-9-28-23(16)32(22)13-15-4-5-15/h3*3-4,8,10-12,15,18-19H,5-7,9,13-14,28H2,1-2H3;2-3,6-7,9,11-12,15,18-19H,4-5,8,10,13-14,27H2,1H3/t2*18-,19-;;18-,19-/m10.1/s1. The SMILES string of the molecule is COc1cc(C(=O)N2CCC(F)C(N)C2)cc2nc(-c3cc4cccnc4n3CC3CC3)n(C)c12.COc1cc(C(=O)N2CC[C@@H](F)[C@H](N)C2)cc2nc(-c3cc4cccnc4n3CC3CC3)n(C)c12.COc1cc(C(=O)N2CC[C@H](F)[C@@H](N)C2)cc2nc(-c3cc4cccnc4n3CC3CC3)n(C)c12.Cn1c(-c2cc3cccnc3n2CC2CC2)nc2cc(C(=O)N3CC[C@@H](F)[C@H](N)C3)ccc21. The predicted octanol–water partition coefficient (Wildman–Crippen LogP) is 14.1. The fraction of sp³-hybridized carbons (Fsp3) is 0.417. The van der Waals surface area contributed by atoms with Crippen molar-refractivity contribution in [1.29, 1.82) is 0 Å². The number of aryl methyl sites for hydroxylation is 4. The average molecular weight is 1880 g/mol. The van der Waals surface area contributed by atoms with Crippen molar-refractivity contribution in [2.45, 2.75) is 152 Å². The largest absolute Gasteiger partial charge is 0.494 e. The molecule has 4 aromatic carbocycles. The highest BCUT2D eigenvalue weighted by Crippen LogP contribution is 2.44. The molecule has 4 aliphatic carbocycles. The summed E-state index contributed by atoms with van der Waals surface area (Å²) in [5, 5.41) is 4.32. The first-order chi connectivity index (χ1) is 66.8. The molecule has 4 saturated heterocycles. The third-order valence-electron chi connectivity index (χ3n) is 28.9. The van der Waals surface area contributed by atoms with E-state index < -0.39 is 48.9 Å². The molecule has 138 heavy (non-hydrogen) atoms. The van der Waals surface area contributed by atoms with Crippen molar-refractivity contribution in [3.63, 3.8) is 0 Å². The van der Waals surface area contributed by atoms with Crippen LogP contribution in [0.1, 0.15) is 118 Å². The number of ether oxygens (including phenoxy) is 3. The lowest BCUT2D eigenvalue weighted by Gasteiger charge is -2.33. The number of likely N-dealkylation sites (tertiary alicyclic amines) is 4. The molecule has 12 aromatic heterocycles. The van der Waals surface area contributed by atoms with E-state index >= 15 is 0 Å². The van der Waals surface area contributed by atoms with Gasteiger partial charge in [0.05, 0.1) is 95.9 Å². The molecule has 2 unspecified atom stereocenters. The Morgan fingerprint density at radius 1 is 0.326 bits per heavy atom. The van der Waals surface area contributed by atoms with Gasteiger partial charge in [0.25, 0.3) is 23.6 Å². The van der Waals surface area contributed by atoms with Crippen LogP contribution in [-0.4, -0.2) is 242 Å². The molecule has 4 saturated carbocycles. The molecular formula is C103H114F4N24O7. The molecule has 8 N–H and O–H groups in total. The first kappa shape index (κ1) is 90.8. The highest BCUT2D eigenvalue weighted by atomic mass is 19.1. The van der Waals surface area contributed by atoms with Gasteiger partial charge in [-0.1, -0.05) is 0 Å². The summed E-state index contributed by atoms with van der Waals surface area (Å²) in [5.41, 5.74) is 39.5. The smallest absolute Gasteiger partial charge is 0.254 e. The number of aromatic nitrogens is 16. The van der Waals surface area contributed by atoms with E-state index in [0.717, 1.165) is 144 Å². The zero-order valence-corrected chi connectivity index (χ0v) is 78.5. The van der Waals surface area contributed by atoms with Gasteiger partial charge in [0.15, 0.2) is 23.3 Å². The van der Waals surface area contributed by atoms with Crippen LogP contribution in [0.5, 0.6) is 17.2 Å². The maximum absolute atomic E-state index is 13.8. The highest BCUT2D eigenvalue weighted by molar-refractivity contribution is 6.04. The molecular weight excluding hydrogens is 1760 g/mol. The molecule has 0 bridgehead atoms. The number of carbonyl (C=O) groups excluding carboxylic acids is 4. The first-order valence-electron chi connectivity index (χ1n) is 48.0. The normalized spacial score (nSPS) is 20.8. The molecule has 0 spiro atoms. The van der Waals surface area contributed by atoms with Crippen molar-refractivity contribution in [2.24, 2.45) is 74.8 Å². The second kappa shape index (κ2) is 37.0. The molecule has 0 radical (unpaired) electrons. The quantitative estimate of drug-likeness (QED) is 0.0546. The Kier molecular flexibility index (Phi) is 24.4. The van der Waals surface area contributed by atoms with Crippen LogP contribution in [0.2, 0.25) is 0 Å². The molecule has 8 fully saturated rings. The fourth-order valence-electron chi connectivity index (χ4n) is 20.4. The topological polar surface area (TPSA) is 356 Å². The Morgan fingerprint density at radius 2 is 0.580 bits per heavy atom. The monoisotopic (exact) mass is 1870 g/mol. The molecule has 4 amide bonds. The van der Waals surface area contributed by atoms with Gasteiger partial charge in [0.1, 0.15) is 81.1 Å². The van der Waals surface area contributed by atoms with Crippen LogP contribution in [0, 0.1) is 23.7 Å². The van der Waals surface area contributed by atoms with Gasteiger partial charge in [-0.3, -0.25) is 19.2 Å². The van der Waals surface area contributed by atoms with Crippen molar-refractivity contribution in [3.8, 4) is 63.3 Å². The molecule has 24 rings (SSSR count). The summed E-state index contributed by atoms with van der Waals surface area (Å²) in [6.07, 6.45) is 14.0. The maximum Gasteiger partial charge on any atom is 0.254 e. The van der Waals surface area contributed by atoms with Crippen LogP contribution in [0.3, 0.4) is 0 Å². The Morgan fingerprint density at radius 3 is 0.841 bits per heavy atom. The van der Waals surface area contributed by atoms with Crippen molar-refractivity contribution in [2.75, 3.05) is 73.7 Å². The Balaban J connectivity index is 0.000000110. The molecule has 8 atom stereocenters. The van der Waals surface area contributed by atoms with E-state index in [-0.39, 0.29) is 75.5 Å². The summed E-state index contributed by atoms with van der Waals surface area (Å²) in [5.74, 6) is 6.95. The summed E-state index contributed by atoms with van der Waals surface area (Å²) in [7, 11) is 12.7. The minimum atomic E-state index is -1.08. The Bertz CT molecular complexity index is 6900. The number of methoxy groups -OCH3 is 3. The summed E-state index contributed by atoms with van der Waals surface area (Å²) < 4.78 is 89.6. The number of carbonyl (C=O) groups is 4. The summed E-state index contributed by atoms with van der Waals surface area (Å²) in [4.78, 5) is 97.8. The molecule has 16 aromatic rings. The lowest BCUT2D eigenvalue weighted by Crippen LogP contribution is -2.51. The van der Waals surface area contributed by atoms with E-state index in [4.69, 9.17) is 57.1 Å². The van der Waals surface area contributed by atoms with Crippen LogP contribution >= 0.6 is 0 Å². The molecule has 8 aliphatic rings. The van der Waals surface area contributed by atoms with Gasteiger partial charge in [-0.05, 0) is 228 Å². The summed E-state index contributed by atoms with van der Waals surface area (Å²) in [6, 6.07) is 38.2. The van der Waals surface area contributed by atoms with Crippen LogP contribution in [-0.2, 0) is 54.4 Å². The number of halogens is 4. The second-order valence-corrected chi connectivity index (χ2v) is 38.7. The molecule has 16 heterocycles. The molecule has 4 aliphatic heterocycles. The number of hydrogen-bond acceptors (Lipinski definition) is 19. The maximum atomic E-state index is 13.8. The van der Waals surface area contributed by atoms with Crippen LogP contribution < -0.4 is 37.1 Å². The number of pyridine rings is 4. The van der Waals surface area contributed by atoms with Gasteiger partial charge in [-0.2, -0.15) is 0 Å². The van der Waals surface area contributed by atoms with Gasteiger partial charge in [0.2, 0.25) is 0 Å². The van der Waals surface area contributed by atoms with Crippen molar-refractivity contribution in [3.05, 3.63) is 174 Å². The lowest BCUT2D eigenvalue weighted by molar-refractivity contribution is 0.0622. The van der Waals surface area contributed by atoms with E-state index in [1.54, 1.807) is 77.3 Å². The third kappa shape index (κ3) is 17.5. The Labute approximate surface area is 793 Å². The van der Waals surface area contributed by atoms with Gasteiger partial charge < -0.3 is 93.3 Å². The van der Waals surface area contributed by atoms with Crippen molar-refractivity contribution in [1.82, 2.24) is 96.0 Å². The van der Waals surface area contributed by atoms with Gasteiger partial charge >= 0.3 is 0 Å². The predicted molar refractivity (Wildman–Crippen MR) is 522 cm³/mol.